The van der Waals surface area contributed by atoms with Gasteiger partial charge in [-0.2, -0.15) is 0 Å². The highest BCUT2D eigenvalue weighted by Crippen LogP contribution is 2.45. The normalized spacial score (nSPS) is 14.2. The highest BCUT2D eigenvalue weighted by molar-refractivity contribution is 7.47. The van der Waals surface area contributed by atoms with Gasteiger partial charge in [-0.05, 0) is 109 Å². The predicted molar refractivity (Wildman–Crippen MR) is 381 cm³/mol. The number of phosphoric acid groups is 2. The van der Waals surface area contributed by atoms with Crippen LogP contribution in [0.15, 0.2) is 48.6 Å². The van der Waals surface area contributed by atoms with Gasteiger partial charge in [0.25, 0.3) is 0 Å². The molecule has 0 saturated heterocycles. The summed E-state index contributed by atoms with van der Waals surface area (Å²) in [7, 11) is -9.93. The summed E-state index contributed by atoms with van der Waals surface area (Å²) in [4.78, 5) is 72.7. The van der Waals surface area contributed by atoms with Crippen LogP contribution in [0.2, 0.25) is 0 Å². The molecule has 94 heavy (non-hydrogen) atoms. The van der Waals surface area contributed by atoms with E-state index in [1.165, 1.54) is 128 Å². The Labute approximate surface area is 572 Å². The van der Waals surface area contributed by atoms with Gasteiger partial charge in [0.05, 0.1) is 26.4 Å². The number of aliphatic hydroxyl groups excluding tert-OH is 1. The molecule has 0 amide bonds. The predicted octanol–water partition coefficient (Wildman–Crippen LogP) is 21.3. The van der Waals surface area contributed by atoms with Gasteiger partial charge in [-0.1, -0.05) is 263 Å². The van der Waals surface area contributed by atoms with Crippen molar-refractivity contribution in [3.05, 3.63) is 48.6 Å². The number of hydrogen-bond donors (Lipinski definition) is 3. The lowest BCUT2D eigenvalue weighted by molar-refractivity contribution is -0.161. The summed E-state index contributed by atoms with van der Waals surface area (Å²) in [6, 6.07) is 0. The SMILES string of the molecule is CCCCC/C=C\C/C=C\CCCCCCCC(=O)O[C@H](COC(=O)CCCCCCC/C=C\CCCCCC)COP(=O)(O)OC[C@@H](O)COP(=O)(O)OC[C@@H](COC(=O)CCCCCCCCCCCCCCC)OC(=O)CCCCCCC/C=C\CCCCCC. The lowest BCUT2D eigenvalue weighted by atomic mass is 10.0. The van der Waals surface area contributed by atoms with Gasteiger partial charge in [0.1, 0.15) is 19.3 Å². The van der Waals surface area contributed by atoms with Crippen LogP contribution < -0.4 is 0 Å². The molecule has 0 aliphatic carbocycles. The zero-order valence-corrected chi connectivity index (χ0v) is 61.7. The Kier molecular flexibility index (Phi) is 66.4. The molecule has 0 heterocycles. The molecule has 3 N–H and O–H groups in total. The van der Waals surface area contributed by atoms with Gasteiger partial charge < -0.3 is 33.8 Å². The van der Waals surface area contributed by atoms with E-state index in [-0.39, 0.29) is 25.7 Å². The van der Waals surface area contributed by atoms with Crippen molar-refractivity contribution in [1.29, 1.82) is 0 Å². The fourth-order valence-corrected chi connectivity index (χ4v) is 12.0. The van der Waals surface area contributed by atoms with Crippen molar-refractivity contribution in [1.82, 2.24) is 0 Å². The van der Waals surface area contributed by atoms with Crippen LogP contribution in [-0.2, 0) is 65.4 Å². The molecule has 19 heteroatoms. The summed E-state index contributed by atoms with van der Waals surface area (Å²) in [5, 5.41) is 10.6. The molecule has 0 bridgehead atoms. The van der Waals surface area contributed by atoms with E-state index in [4.69, 9.17) is 37.0 Å². The topological polar surface area (TPSA) is 237 Å². The minimum Gasteiger partial charge on any atom is -0.462 e. The minimum atomic E-state index is -4.97. The largest absolute Gasteiger partial charge is 0.472 e. The maximum Gasteiger partial charge on any atom is 0.472 e. The van der Waals surface area contributed by atoms with Crippen molar-refractivity contribution >= 4 is 39.5 Å². The number of esters is 4. The Morgan fingerprint density at radius 3 is 0.830 bits per heavy atom. The van der Waals surface area contributed by atoms with E-state index in [1.807, 2.05) is 0 Å². The second kappa shape index (κ2) is 68.5. The maximum absolute atomic E-state index is 13.1. The smallest absolute Gasteiger partial charge is 0.462 e. The third-order valence-corrected chi connectivity index (χ3v) is 18.2. The van der Waals surface area contributed by atoms with E-state index in [1.54, 1.807) is 0 Å². The highest BCUT2D eigenvalue weighted by atomic mass is 31.2. The number of unbranched alkanes of at least 4 members (excludes halogenated alkanes) is 38. The molecule has 0 aromatic rings. The molecule has 2 unspecified atom stereocenters. The first-order valence-electron chi connectivity index (χ1n) is 37.9. The third-order valence-electron chi connectivity index (χ3n) is 16.3. The molecule has 0 aromatic carbocycles. The van der Waals surface area contributed by atoms with Crippen LogP contribution in [0.4, 0.5) is 0 Å². The number of hydrogen-bond acceptors (Lipinski definition) is 15. The van der Waals surface area contributed by atoms with Gasteiger partial charge in [0, 0.05) is 25.7 Å². The van der Waals surface area contributed by atoms with Gasteiger partial charge in [0.2, 0.25) is 0 Å². The molecule has 5 atom stereocenters. The van der Waals surface area contributed by atoms with Crippen molar-refractivity contribution in [3.63, 3.8) is 0 Å². The monoisotopic (exact) mass is 1370 g/mol. The molecular formula is C75H138O17P2. The standard InChI is InChI=1S/C75H138O17P2/c1-5-9-13-17-21-25-29-33-34-38-42-46-50-54-58-62-75(80)92-71(66-86-73(78)60-56-52-48-44-40-36-31-27-23-19-15-11-7-3)68-90-94(83,84)88-64-69(76)63-87-93(81,82)89-67-70(91-74(79)61-57-53-49-45-41-37-32-28-24-20-16-12-8-4)65-85-72(77)59-55-51-47-43-39-35-30-26-22-18-14-10-6-2/h21,25,27-28,31-34,69-71,76H,5-20,22-24,26,29-30,35-68H2,1-4H3,(H,81,82)(H,83,84)/b25-21-,31-27-,32-28-,34-33-/t69-,70+,71+/m0/s1. The van der Waals surface area contributed by atoms with Crippen molar-refractivity contribution in [2.45, 2.75) is 367 Å². The summed E-state index contributed by atoms with van der Waals surface area (Å²) in [6.07, 6.45) is 63.8. The highest BCUT2D eigenvalue weighted by Gasteiger charge is 2.30. The van der Waals surface area contributed by atoms with E-state index in [9.17, 15) is 43.2 Å². The van der Waals surface area contributed by atoms with E-state index in [2.05, 4.69) is 76.3 Å². The Balaban J connectivity index is 5.33. The van der Waals surface area contributed by atoms with E-state index >= 15 is 0 Å². The number of phosphoric ester groups is 2. The average molecular weight is 1370 g/mol. The van der Waals surface area contributed by atoms with E-state index < -0.39 is 97.5 Å². The first-order valence-corrected chi connectivity index (χ1v) is 40.9. The molecule has 0 radical (unpaired) electrons. The maximum atomic E-state index is 13.1. The number of carbonyl (C=O) groups is 4. The summed E-state index contributed by atoms with van der Waals surface area (Å²) < 4.78 is 68.4. The van der Waals surface area contributed by atoms with Crippen LogP contribution in [0.25, 0.3) is 0 Å². The number of allylic oxidation sites excluding steroid dienone is 8. The molecule has 550 valence electrons. The fraction of sp³-hybridized carbons (Fsp3) is 0.840. The Bertz CT molecular complexity index is 1980. The number of rotatable bonds is 72. The minimum absolute atomic E-state index is 0.0819. The van der Waals surface area contributed by atoms with Crippen LogP contribution in [0, 0.1) is 0 Å². The summed E-state index contributed by atoms with van der Waals surface area (Å²) in [5.74, 6) is -2.18. The van der Waals surface area contributed by atoms with Crippen molar-refractivity contribution in [3.8, 4) is 0 Å². The van der Waals surface area contributed by atoms with Crippen LogP contribution in [0.5, 0.6) is 0 Å². The molecule has 0 rings (SSSR count). The molecule has 0 fully saturated rings. The molecule has 0 saturated carbocycles. The molecule has 0 aliphatic rings. The quantitative estimate of drug-likeness (QED) is 0.0169. The lowest BCUT2D eigenvalue weighted by Gasteiger charge is -2.21. The van der Waals surface area contributed by atoms with E-state index in [0.717, 1.165) is 141 Å². The van der Waals surface area contributed by atoms with Crippen LogP contribution in [-0.4, -0.2) is 96.7 Å². The van der Waals surface area contributed by atoms with Gasteiger partial charge in [-0.3, -0.25) is 37.3 Å². The molecule has 0 aliphatic heterocycles. The Morgan fingerprint density at radius 2 is 0.521 bits per heavy atom. The average Bonchev–Trinajstić information content (AvgIpc) is 2.26. The first-order chi connectivity index (χ1) is 45.7. The van der Waals surface area contributed by atoms with Gasteiger partial charge in [-0.15, -0.1) is 0 Å². The van der Waals surface area contributed by atoms with Crippen LogP contribution in [0.1, 0.15) is 349 Å². The number of aliphatic hydroxyl groups is 1. The second-order valence-corrected chi connectivity index (χ2v) is 28.5. The third kappa shape index (κ3) is 67.6. The zero-order chi connectivity index (χ0) is 69.0. The van der Waals surface area contributed by atoms with Gasteiger partial charge in [0.15, 0.2) is 12.2 Å². The Morgan fingerprint density at radius 1 is 0.298 bits per heavy atom. The number of ether oxygens (including phenoxy) is 4. The van der Waals surface area contributed by atoms with Crippen LogP contribution >= 0.6 is 15.6 Å². The summed E-state index contributed by atoms with van der Waals surface area (Å²) in [5.41, 5.74) is 0. The van der Waals surface area contributed by atoms with Crippen LogP contribution in [0.3, 0.4) is 0 Å². The van der Waals surface area contributed by atoms with Crippen molar-refractivity contribution < 1.29 is 80.2 Å². The fourth-order valence-electron chi connectivity index (χ4n) is 10.4. The van der Waals surface area contributed by atoms with Crippen molar-refractivity contribution in [2.24, 2.45) is 0 Å². The van der Waals surface area contributed by atoms with Gasteiger partial charge in [-0.25, -0.2) is 9.13 Å². The Hall–Kier alpha value is -2.98. The summed E-state index contributed by atoms with van der Waals surface area (Å²) in [6.45, 7) is 4.83. The molecule has 0 aromatic heterocycles. The van der Waals surface area contributed by atoms with E-state index in [0.29, 0.717) is 25.7 Å². The summed E-state index contributed by atoms with van der Waals surface area (Å²) >= 11 is 0. The first kappa shape index (κ1) is 91.0. The second-order valence-electron chi connectivity index (χ2n) is 25.6. The lowest BCUT2D eigenvalue weighted by Crippen LogP contribution is -2.30. The zero-order valence-electron chi connectivity index (χ0n) is 59.9. The van der Waals surface area contributed by atoms with Gasteiger partial charge >= 0.3 is 39.5 Å². The molecular weight excluding hydrogens is 1230 g/mol. The number of carbonyl (C=O) groups excluding carboxylic acids is 4. The van der Waals surface area contributed by atoms with Crippen molar-refractivity contribution in [2.75, 3.05) is 39.6 Å². The molecule has 0 spiro atoms. The molecule has 17 nitrogen and oxygen atoms in total.